The molecule has 0 radical (unpaired) electrons. The van der Waals surface area contributed by atoms with Crippen LogP contribution in [0, 0.1) is 11.8 Å². The first-order valence-corrected chi connectivity index (χ1v) is 10.4. The number of piperidine rings is 1. The van der Waals surface area contributed by atoms with Gasteiger partial charge in [0.25, 0.3) is 0 Å². The molecule has 2 fully saturated rings. The molecule has 0 spiro atoms. The number of fused-ring (bicyclic) bond motifs is 2. The number of aryl methyl sites for hydroxylation is 1. The summed E-state index contributed by atoms with van der Waals surface area (Å²) in [6.07, 6.45) is 6.96. The maximum absolute atomic E-state index is 13.1. The van der Waals surface area contributed by atoms with Crippen LogP contribution in [-0.4, -0.2) is 31.7 Å². The quantitative estimate of drug-likeness (QED) is 0.894. The maximum atomic E-state index is 13.1. The first-order valence-electron chi connectivity index (χ1n) is 8.97. The van der Waals surface area contributed by atoms with Crippen molar-refractivity contribution in [1.29, 1.82) is 0 Å². The summed E-state index contributed by atoms with van der Waals surface area (Å²) in [7, 11) is -3.44. The molecule has 5 nitrogen and oxygen atoms in total. The van der Waals surface area contributed by atoms with E-state index in [2.05, 4.69) is 5.32 Å². The minimum Gasteiger partial charge on any atom is -0.326 e. The molecule has 3 aliphatic rings. The van der Waals surface area contributed by atoms with Gasteiger partial charge >= 0.3 is 0 Å². The molecule has 1 amide bonds. The van der Waals surface area contributed by atoms with Crippen LogP contribution in [-0.2, 0) is 21.2 Å². The molecule has 4 rings (SSSR count). The number of nitrogens with zero attached hydrogens (tertiary/aromatic N) is 1. The van der Waals surface area contributed by atoms with E-state index in [1.54, 1.807) is 22.5 Å². The van der Waals surface area contributed by atoms with Gasteiger partial charge in [-0.3, -0.25) is 4.79 Å². The Morgan fingerprint density at radius 2 is 1.83 bits per heavy atom. The van der Waals surface area contributed by atoms with Crippen molar-refractivity contribution in [1.82, 2.24) is 4.31 Å². The van der Waals surface area contributed by atoms with E-state index in [0.29, 0.717) is 42.7 Å². The molecule has 2 atom stereocenters. The number of sulfonamides is 1. The molecule has 1 N–H and O–H groups in total. The van der Waals surface area contributed by atoms with Gasteiger partial charge in [0, 0.05) is 25.2 Å². The van der Waals surface area contributed by atoms with E-state index in [1.165, 1.54) is 19.3 Å². The van der Waals surface area contributed by atoms with E-state index in [1.807, 2.05) is 0 Å². The molecule has 0 bridgehead atoms. The summed E-state index contributed by atoms with van der Waals surface area (Å²) < 4.78 is 27.8. The number of benzene rings is 1. The second-order valence-corrected chi connectivity index (χ2v) is 9.26. The van der Waals surface area contributed by atoms with Gasteiger partial charge in [-0.1, -0.05) is 19.3 Å². The summed E-state index contributed by atoms with van der Waals surface area (Å²) in [5.41, 5.74) is 1.67. The predicted octanol–water partition coefficient (Wildman–Crippen LogP) is 2.77. The molecule has 1 saturated carbocycles. The lowest BCUT2D eigenvalue weighted by molar-refractivity contribution is -0.116. The van der Waals surface area contributed by atoms with Crippen molar-refractivity contribution in [3.8, 4) is 0 Å². The summed E-state index contributed by atoms with van der Waals surface area (Å²) in [5.74, 6) is 1.24. The monoisotopic (exact) mass is 348 g/mol. The second-order valence-electron chi connectivity index (χ2n) is 7.32. The number of anilines is 1. The summed E-state index contributed by atoms with van der Waals surface area (Å²) in [5, 5.41) is 2.81. The van der Waals surface area contributed by atoms with Gasteiger partial charge in [0.15, 0.2) is 0 Å². The summed E-state index contributed by atoms with van der Waals surface area (Å²) >= 11 is 0. The maximum Gasteiger partial charge on any atom is 0.243 e. The van der Waals surface area contributed by atoms with Crippen molar-refractivity contribution in [3.63, 3.8) is 0 Å². The molecular weight excluding hydrogens is 324 g/mol. The van der Waals surface area contributed by atoms with E-state index in [9.17, 15) is 13.2 Å². The molecule has 0 unspecified atom stereocenters. The Hall–Kier alpha value is -1.40. The third-order valence-corrected chi connectivity index (χ3v) is 7.73. The van der Waals surface area contributed by atoms with Gasteiger partial charge in [0.1, 0.15) is 0 Å². The van der Waals surface area contributed by atoms with Crippen molar-refractivity contribution < 1.29 is 13.2 Å². The van der Waals surface area contributed by atoms with E-state index < -0.39 is 10.0 Å². The largest absolute Gasteiger partial charge is 0.326 e. The summed E-state index contributed by atoms with van der Waals surface area (Å²) in [4.78, 5) is 11.8. The first kappa shape index (κ1) is 16.1. The zero-order valence-corrected chi connectivity index (χ0v) is 14.6. The van der Waals surface area contributed by atoms with Crippen molar-refractivity contribution >= 4 is 21.6 Å². The Bertz CT molecular complexity index is 760. The lowest BCUT2D eigenvalue weighted by atomic mass is 9.76. The molecule has 1 aromatic carbocycles. The lowest BCUT2D eigenvalue weighted by Gasteiger charge is -2.40. The second kappa shape index (κ2) is 6.15. The fourth-order valence-electron chi connectivity index (χ4n) is 4.46. The Labute approximate surface area is 143 Å². The Morgan fingerprint density at radius 3 is 2.67 bits per heavy atom. The third-order valence-electron chi connectivity index (χ3n) is 5.86. The van der Waals surface area contributed by atoms with Gasteiger partial charge in [-0.2, -0.15) is 4.31 Å². The highest BCUT2D eigenvalue weighted by molar-refractivity contribution is 7.89. The normalized spacial score (nSPS) is 27.9. The number of carbonyl (C=O) groups excluding carboxylic acids is 1. The van der Waals surface area contributed by atoms with Gasteiger partial charge in [-0.25, -0.2) is 8.42 Å². The zero-order valence-electron chi connectivity index (χ0n) is 13.8. The SMILES string of the molecule is O=C1CCc2cc(S(=O)(=O)N3CC[C@@H]4CCCC[C@@H]4C3)ccc2N1. The van der Waals surface area contributed by atoms with Crippen LogP contribution in [0.25, 0.3) is 0 Å². The van der Waals surface area contributed by atoms with Gasteiger partial charge in [0.05, 0.1) is 4.90 Å². The fourth-order valence-corrected chi connectivity index (χ4v) is 6.02. The van der Waals surface area contributed by atoms with Crippen molar-refractivity contribution in [2.24, 2.45) is 11.8 Å². The van der Waals surface area contributed by atoms with Crippen LogP contribution in [0.15, 0.2) is 23.1 Å². The molecule has 1 aromatic rings. The number of amides is 1. The molecule has 24 heavy (non-hydrogen) atoms. The summed E-state index contributed by atoms with van der Waals surface area (Å²) in [6.45, 7) is 1.30. The average Bonchev–Trinajstić information content (AvgIpc) is 2.60. The number of rotatable bonds is 2. The van der Waals surface area contributed by atoms with Crippen molar-refractivity contribution in [3.05, 3.63) is 23.8 Å². The summed E-state index contributed by atoms with van der Waals surface area (Å²) in [6, 6.07) is 5.11. The predicted molar refractivity (Wildman–Crippen MR) is 92.2 cm³/mol. The molecule has 0 aromatic heterocycles. The smallest absolute Gasteiger partial charge is 0.243 e. The first-order chi connectivity index (χ1) is 11.5. The highest BCUT2D eigenvalue weighted by atomic mass is 32.2. The molecular formula is C18H24N2O3S. The number of nitrogens with one attached hydrogen (secondary N) is 1. The van der Waals surface area contributed by atoms with Crippen LogP contribution in [0.3, 0.4) is 0 Å². The van der Waals surface area contributed by atoms with Crippen molar-refractivity contribution in [2.45, 2.75) is 49.8 Å². The van der Waals surface area contributed by atoms with E-state index in [0.717, 1.165) is 24.1 Å². The van der Waals surface area contributed by atoms with Gasteiger partial charge < -0.3 is 5.32 Å². The molecule has 2 aliphatic heterocycles. The lowest BCUT2D eigenvalue weighted by Crippen LogP contribution is -2.44. The van der Waals surface area contributed by atoms with Crippen LogP contribution in [0.2, 0.25) is 0 Å². The van der Waals surface area contributed by atoms with Gasteiger partial charge in [-0.05, 0) is 54.9 Å². The van der Waals surface area contributed by atoms with Crippen LogP contribution >= 0.6 is 0 Å². The number of hydrogen-bond acceptors (Lipinski definition) is 3. The minimum atomic E-state index is -3.44. The topological polar surface area (TPSA) is 66.5 Å². The number of hydrogen-bond donors (Lipinski definition) is 1. The van der Waals surface area contributed by atoms with Crippen molar-refractivity contribution in [2.75, 3.05) is 18.4 Å². The van der Waals surface area contributed by atoms with E-state index in [-0.39, 0.29) is 5.91 Å². The molecule has 1 saturated heterocycles. The Kier molecular flexibility index (Phi) is 4.12. The molecule has 130 valence electrons. The fraction of sp³-hybridized carbons (Fsp3) is 0.611. The van der Waals surface area contributed by atoms with E-state index in [4.69, 9.17) is 0 Å². The minimum absolute atomic E-state index is 0.00234. The van der Waals surface area contributed by atoms with Gasteiger partial charge in [-0.15, -0.1) is 0 Å². The van der Waals surface area contributed by atoms with Crippen LogP contribution in [0.5, 0.6) is 0 Å². The van der Waals surface area contributed by atoms with Crippen LogP contribution in [0.1, 0.15) is 44.1 Å². The van der Waals surface area contributed by atoms with E-state index >= 15 is 0 Å². The zero-order chi connectivity index (χ0) is 16.7. The molecule has 1 aliphatic carbocycles. The Balaban J connectivity index is 1.57. The average molecular weight is 348 g/mol. The highest BCUT2D eigenvalue weighted by Crippen LogP contribution is 2.38. The highest BCUT2D eigenvalue weighted by Gasteiger charge is 2.36. The standard InChI is InChI=1S/C18H24N2O3S/c21-18-8-5-14-11-16(6-7-17(14)19-18)24(22,23)20-10-9-13-3-1-2-4-15(13)12-20/h6-7,11,13,15H,1-5,8-10,12H2,(H,19,21)/t13-,15+/m0/s1. The Morgan fingerprint density at radius 1 is 1.04 bits per heavy atom. The van der Waals surface area contributed by atoms with Gasteiger partial charge in [0.2, 0.25) is 15.9 Å². The number of carbonyl (C=O) groups is 1. The molecule has 6 heteroatoms. The van der Waals surface area contributed by atoms with Crippen LogP contribution in [0.4, 0.5) is 5.69 Å². The van der Waals surface area contributed by atoms with Crippen LogP contribution < -0.4 is 5.32 Å². The molecule has 2 heterocycles. The third kappa shape index (κ3) is 2.86.